The van der Waals surface area contributed by atoms with Crippen LogP contribution in [0.2, 0.25) is 0 Å². The number of carbonyl (C=O) groups excluding carboxylic acids is 1. The van der Waals surface area contributed by atoms with E-state index in [-0.39, 0.29) is 18.2 Å². The summed E-state index contributed by atoms with van der Waals surface area (Å²) in [6.07, 6.45) is 4.99. The second-order valence-corrected chi connectivity index (χ2v) is 6.33. The molecule has 0 aromatic carbocycles. The summed E-state index contributed by atoms with van der Waals surface area (Å²) in [5.41, 5.74) is -1.01. The molecule has 3 aliphatic rings. The molecule has 2 amide bonds. The highest BCUT2D eigenvalue weighted by molar-refractivity contribution is 5.87. The molecule has 1 saturated carbocycles. The molecule has 6 heteroatoms. The predicted octanol–water partition coefficient (Wildman–Crippen LogP) is 1.69. The Kier molecular flexibility index (Phi) is 3.82. The molecule has 1 aliphatic carbocycles. The molecule has 0 aromatic rings. The first-order valence-electron chi connectivity index (χ1n) is 8.03. The number of morpholine rings is 1. The molecule has 3 atom stereocenters. The van der Waals surface area contributed by atoms with Crippen molar-refractivity contribution in [2.45, 2.75) is 63.1 Å². The standard InChI is InChI=1S/C15H24N2O4/c1-2-15(13(18)19)7-4-8-17(15)14(20)16-9-10-21-12-6-3-5-11(12)16/h11-12H,2-10H2,1H3,(H,18,19). The average molecular weight is 296 g/mol. The zero-order valence-electron chi connectivity index (χ0n) is 12.6. The SMILES string of the molecule is CCC1(C(=O)O)CCCN1C(=O)N1CCOC2CCCC21. The molecule has 2 aliphatic heterocycles. The number of likely N-dealkylation sites (tertiary alicyclic amines) is 1. The van der Waals surface area contributed by atoms with E-state index in [9.17, 15) is 14.7 Å². The van der Waals surface area contributed by atoms with Gasteiger partial charge in [-0.15, -0.1) is 0 Å². The molecule has 3 unspecified atom stereocenters. The van der Waals surface area contributed by atoms with Crippen molar-refractivity contribution in [3.05, 3.63) is 0 Å². The van der Waals surface area contributed by atoms with E-state index in [4.69, 9.17) is 4.74 Å². The highest BCUT2D eigenvalue weighted by Crippen LogP contribution is 2.36. The lowest BCUT2D eigenvalue weighted by Gasteiger charge is -2.43. The molecular formula is C15H24N2O4. The van der Waals surface area contributed by atoms with Gasteiger partial charge in [0, 0.05) is 13.1 Å². The number of amides is 2. The van der Waals surface area contributed by atoms with Crippen molar-refractivity contribution in [2.24, 2.45) is 0 Å². The van der Waals surface area contributed by atoms with Crippen molar-refractivity contribution in [1.29, 1.82) is 0 Å². The van der Waals surface area contributed by atoms with Crippen molar-refractivity contribution < 1.29 is 19.4 Å². The van der Waals surface area contributed by atoms with E-state index in [0.29, 0.717) is 32.5 Å². The maximum absolute atomic E-state index is 13.0. The Morgan fingerprint density at radius 3 is 2.81 bits per heavy atom. The van der Waals surface area contributed by atoms with Crippen molar-refractivity contribution >= 4 is 12.0 Å². The fourth-order valence-corrected chi connectivity index (χ4v) is 4.22. The Bertz CT molecular complexity index is 441. The zero-order valence-corrected chi connectivity index (χ0v) is 12.6. The molecule has 6 nitrogen and oxygen atoms in total. The molecule has 3 rings (SSSR count). The van der Waals surface area contributed by atoms with Gasteiger partial charge in [0.2, 0.25) is 0 Å². The Balaban J connectivity index is 1.82. The fraction of sp³-hybridized carbons (Fsp3) is 0.867. The third-order valence-corrected chi connectivity index (χ3v) is 5.43. The topological polar surface area (TPSA) is 70.1 Å². The van der Waals surface area contributed by atoms with Crippen LogP contribution in [0.15, 0.2) is 0 Å². The monoisotopic (exact) mass is 296 g/mol. The number of carboxylic acids is 1. The summed E-state index contributed by atoms with van der Waals surface area (Å²) in [4.78, 5) is 28.2. The first-order chi connectivity index (χ1) is 10.1. The maximum atomic E-state index is 13.0. The lowest BCUT2D eigenvalue weighted by molar-refractivity contribution is -0.149. The molecule has 3 fully saturated rings. The summed E-state index contributed by atoms with van der Waals surface area (Å²) in [6.45, 7) is 3.55. The predicted molar refractivity (Wildman–Crippen MR) is 76.1 cm³/mol. The summed E-state index contributed by atoms with van der Waals surface area (Å²) < 4.78 is 5.74. The molecule has 0 radical (unpaired) electrons. The van der Waals surface area contributed by atoms with Gasteiger partial charge < -0.3 is 19.6 Å². The fourth-order valence-electron chi connectivity index (χ4n) is 4.22. The van der Waals surface area contributed by atoms with Gasteiger partial charge in [0.05, 0.1) is 18.8 Å². The first kappa shape index (κ1) is 14.6. The second kappa shape index (κ2) is 5.48. The summed E-state index contributed by atoms with van der Waals surface area (Å²) >= 11 is 0. The number of nitrogens with zero attached hydrogens (tertiary/aromatic N) is 2. The van der Waals surface area contributed by atoms with E-state index in [1.165, 1.54) is 0 Å². The molecular weight excluding hydrogens is 272 g/mol. The number of carboxylic acid groups (broad SMARTS) is 1. The molecule has 0 bridgehead atoms. The smallest absolute Gasteiger partial charge is 0.329 e. The molecule has 2 saturated heterocycles. The van der Waals surface area contributed by atoms with Crippen LogP contribution in [0, 0.1) is 0 Å². The van der Waals surface area contributed by atoms with Crippen LogP contribution in [-0.2, 0) is 9.53 Å². The molecule has 21 heavy (non-hydrogen) atoms. The maximum Gasteiger partial charge on any atom is 0.329 e. The molecule has 2 heterocycles. The van der Waals surface area contributed by atoms with Crippen LogP contribution >= 0.6 is 0 Å². The number of aliphatic carboxylic acids is 1. The number of hydrogen-bond acceptors (Lipinski definition) is 3. The minimum atomic E-state index is -1.01. The van der Waals surface area contributed by atoms with Crippen LogP contribution in [-0.4, -0.2) is 64.3 Å². The highest BCUT2D eigenvalue weighted by atomic mass is 16.5. The van der Waals surface area contributed by atoms with Crippen LogP contribution < -0.4 is 0 Å². The average Bonchev–Trinajstić information content (AvgIpc) is 3.12. The number of ether oxygens (including phenoxy) is 1. The van der Waals surface area contributed by atoms with Gasteiger partial charge in [-0.2, -0.15) is 0 Å². The van der Waals surface area contributed by atoms with E-state index in [2.05, 4.69) is 0 Å². The number of urea groups is 1. The van der Waals surface area contributed by atoms with E-state index in [1.807, 2.05) is 11.8 Å². The largest absolute Gasteiger partial charge is 0.479 e. The highest BCUT2D eigenvalue weighted by Gasteiger charge is 2.51. The Labute approximate surface area is 125 Å². The van der Waals surface area contributed by atoms with Gasteiger partial charge in [-0.1, -0.05) is 6.92 Å². The van der Waals surface area contributed by atoms with Crippen molar-refractivity contribution in [3.8, 4) is 0 Å². The number of hydrogen-bond donors (Lipinski definition) is 1. The first-order valence-corrected chi connectivity index (χ1v) is 8.03. The second-order valence-electron chi connectivity index (χ2n) is 6.33. The molecule has 118 valence electrons. The minimum absolute atomic E-state index is 0.100. The van der Waals surface area contributed by atoms with Crippen LogP contribution in [0.1, 0.15) is 45.4 Å². The van der Waals surface area contributed by atoms with Gasteiger partial charge in [-0.3, -0.25) is 0 Å². The van der Waals surface area contributed by atoms with Crippen LogP contribution in [0.25, 0.3) is 0 Å². The summed E-state index contributed by atoms with van der Waals surface area (Å²) in [5, 5.41) is 9.63. The van der Waals surface area contributed by atoms with Gasteiger partial charge in [0.25, 0.3) is 0 Å². The van der Waals surface area contributed by atoms with Crippen LogP contribution in [0.5, 0.6) is 0 Å². The van der Waals surface area contributed by atoms with E-state index in [1.54, 1.807) is 4.90 Å². The Morgan fingerprint density at radius 2 is 2.10 bits per heavy atom. The summed E-state index contributed by atoms with van der Waals surface area (Å²) in [7, 11) is 0. The third kappa shape index (κ3) is 2.20. The van der Waals surface area contributed by atoms with Gasteiger partial charge in [-0.05, 0) is 38.5 Å². The molecule has 0 spiro atoms. The van der Waals surface area contributed by atoms with Crippen molar-refractivity contribution in [2.75, 3.05) is 19.7 Å². The molecule has 0 aromatic heterocycles. The van der Waals surface area contributed by atoms with E-state index >= 15 is 0 Å². The summed E-state index contributed by atoms with van der Waals surface area (Å²) in [5.74, 6) is -0.868. The lowest BCUT2D eigenvalue weighted by atomic mass is 9.93. The molecule has 1 N–H and O–H groups in total. The quantitative estimate of drug-likeness (QED) is 0.842. The Morgan fingerprint density at radius 1 is 1.29 bits per heavy atom. The van der Waals surface area contributed by atoms with Gasteiger partial charge >= 0.3 is 12.0 Å². The normalized spacial score (nSPS) is 35.9. The zero-order chi connectivity index (χ0) is 15.0. The summed E-state index contributed by atoms with van der Waals surface area (Å²) in [6, 6.07) is 0.0344. The minimum Gasteiger partial charge on any atom is -0.479 e. The van der Waals surface area contributed by atoms with Crippen molar-refractivity contribution in [1.82, 2.24) is 9.80 Å². The van der Waals surface area contributed by atoms with E-state index < -0.39 is 11.5 Å². The third-order valence-electron chi connectivity index (χ3n) is 5.43. The lowest BCUT2D eigenvalue weighted by Crippen LogP contribution is -2.61. The van der Waals surface area contributed by atoms with Gasteiger partial charge in [0.1, 0.15) is 5.54 Å². The number of rotatable bonds is 2. The van der Waals surface area contributed by atoms with Gasteiger partial charge in [0.15, 0.2) is 0 Å². The van der Waals surface area contributed by atoms with E-state index in [0.717, 1.165) is 25.7 Å². The van der Waals surface area contributed by atoms with Crippen LogP contribution in [0.3, 0.4) is 0 Å². The van der Waals surface area contributed by atoms with Gasteiger partial charge in [-0.25, -0.2) is 9.59 Å². The van der Waals surface area contributed by atoms with Crippen molar-refractivity contribution in [3.63, 3.8) is 0 Å². The Hall–Kier alpha value is -1.30. The number of carbonyl (C=O) groups is 2. The number of fused-ring (bicyclic) bond motifs is 1. The van der Waals surface area contributed by atoms with Crippen LogP contribution in [0.4, 0.5) is 4.79 Å².